The monoisotopic (exact) mass is 333 g/mol. The number of nitrogens with one attached hydrogen (secondary N) is 1. The third kappa shape index (κ3) is 5.55. The van der Waals surface area contributed by atoms with Gasteiger partial charge in [-0.25, -0.2) is 0 Å². The quantitative estimate of drug-likeness (QED) is 0.838. The molecular weight excluding hydrogens is 306 g/mol. The first-order chi connectivity index (χ1) is 11.6. The number of hydrogen-bond donors (Lipinski definition) is 2. The van der Waals surface area contributed by atoms with Crippen LogP contribution in [0.2, 0.25) is 0 Å². The first-order valence-corrected chi connectivity index (χ1v) is 8.75. The highest BCUT2D eigenvalue weighted by Crippen LogP contribution is 2.23. The summed E-state index contributed by atoms with van der Waals surface area (Å²) in [4.78, 5) is 23.8. The largest absolute Gasteiger partial charge is 0.497 e. The molecule has 5 nitrogen and oxygen atoms in total. The van der Waals surface area contributed by atoms with Crippen LogP contribution in [0.1, 0.15) is 50.5 Å². The molecule has 1 fully saturated rings. The molecule has 1 amide bonds. The molecule has 2 N–H and O–H groups in total. The number of methoxy groups -OCH3 is 1. The molecule has 1 aliphatic rings. The van der Waals surface area contributed by atoms with E-state index in [9.17, 15) is 14.7 Å². The summed E-state index contributed by atoms with van der Waals surface area (Å²) >= 11 is 0. The third-order valence-corrected chi connectivity index (χ3v) is 4.70. The van der Waals surface area contributed by atoms with Crippen LogP contribution in [0.3, 0.4) is 0 Å². The highest BCUT2D eigenvalue weighted by Gasteiger charge is 2.29. The molecule has 0 radical (unpaired) electrons. The van der Waals surface area contributed by atoms with Crippen molar-refractivity contribution >= 4 is 11.9 Å². The van der Waals surface area contributed by atoms with E-state index >= 15 is 0 Å². The Morgan fingerprint density at radius 1 is 1.21 bits per heavy atom. The number of carboxylic acid groups (broad SMARTS) is 1. The molecule has 0 saturated heterocycles. The lowest BCUT2D eigenvalue weighted by molar-refractivity contribution is -0.143. The van der Waals surface area contributed by atoms with Gasteiger partial charge in [0.2, 0.25) is 5.91 Å². The number of carboxylic acids is 1. The summed E-state index contributed by atoms with van der Waals surface area (Å²) in [6, 6.07) is 7.41. The summed E-state index contributed by atoms with van der Waals surface area (Å²) in [6.07, 6.45) is 6.47. The van der Waals surface area contributed by atoms with E-state index in [0.717, 1.165) is 43.4 Å². The van der Waals surface area contributed by atoms with E-state index in [1.165, 1.54) is 0 Å². The van der Waals surface area contributed by atoms with Crippen molar-refractivity contribution in [3.63, 3.8) is 0 Å². The number of benzene rings is 1. The fraction of sp³-hybridized carbons (Fsp3) is 0.579. The highest BCUT2D eigenvalue weighted by atomic mass is 16.5. The molecule has 1 aliphatic carbocycles. The molecule has 0 aliphatic heterocycles. The van der Waals surface area contributed by atoms with Crippen LogP contribution in [0.5, 0.6) is 5.75 Å². The summed E-state index contributed by atoms with van der Waals surface area (Å²) in [5, 5.41) is 12.4. The fourth-order valence-electron chi connectivity index (χ4n) is 3.32. The Morgan fingerprint density at radius 2 is 1.96 bits per heavy atom. The second-order valence-corrected chi connectivity index (χ2v) is 6.46. The van der Waals surface area contributed by atoms with Gasteiger partial charge in [-0.05, 0) is 37.0 Å². The topological polar surface area (TPSA) is 75.6 Å². The van der Waals surface area contributed by atoms with Gasteiger partial charge < -0.3 is 15.2 Å². The van der Waals surface area contributed by atoms with Crippen molar-refractivity contribution in [3.05, 3.63) is 29.8 Å². The molecule has 132 valence electrons. The number of aliphatic carboxylic acids is 1. The van der Waals surface area contributed by atoms with Gasteiger partial charge in [0.25, 0.3) is 0 Å². The molecule has 24 heavy (non-hydrogen) atoms. The molecule has 5 heteroatoms. The van der Waals surface area contributed by atoms with Gasteiger partial charge in [-0.3, -0.25) is 9.59 Å². The molecule has 1 aromatic rings. The lowest BCUT2D eigenvalue weighted by Crippen LogP contribution is -2.44. The van der Waals surface area contributed by atoms with Crippen molar-refractivity contribution in [2.45, 2.75) is 57.4 Å². The predicted molar refractivity (Wildman–Crippen MR) is 92.1 cm³/mol. The molecule has 1 saturated carbocycles. The van der Waals surface area contributed by atoms with E-state index in [0.29, 0.717) is 19.3 Å². The van der Waals surface area contributed by atoms with Gasteiger partial charge in [0.15, 0.2) is 0 Å². The molecule has 2 rings (SSSR count). The minimum Gasteiger partial charge on any atom is -0.497 e. The summed E-state index contributed by atoms with van der Waals surface area (Å²) in [5.74, 6) is -0.561. The fourth-order valence-corrected chi connectivity index (χ4v) is 3.32. The van der Waals surface area contributed by atoms with E-state index in [4.69, 9.17) is 4.74 Å². The number of aryl methyl sites for hydroxylation is 1. The number of carbonyl (C=O) groups is 2. The lowest BCUT2D eigenvalue weighted by atomic mass is 9.86. The number of rotatable bonds is 6. The Balaban J connectivity index is 1.89. The summed E-state index contributed by atoms with van der Waals surface area (Å²) in [7, 11) is 1.62. The molecule has 2 atom stereocenters. The van der Waals surface area contributed by atoms with Crippen LogP contribution in [0, 0.1) is 5.92 Å². The van der Waals surface area contributed by atoms with Gasteiger partial charge in [-0.1, -0.05) is 37.8 Å². The van der Waals surface area contributed by atoms with Crippen molar-refractivity contribution in [1.82, 2.24) is 5.32 Å². The van der Waals surface area contributed by atoms with Crippen LogP contribution < -0.4 is 10.1 Å². The Hall–Kier alpha value is -2.04. The zero-order chi connectivity index (χ0) is 17.4. The minimum absolute atomic E-state index is 0.0744. The zero-order valence-corrected chi connectivity index (χ0v) is 14.3. The highest BCUT2D eigenvalue weighted by molar-refractivity contribution is 5.78. The average Bonchev–Trinajstić information content (AvgIpc) is 2.55. The second-order valence-electron chi connectivity index (χ2n) is 6.46. The number of hydrogen-bond acceptors (Lipinski definition) is 3. The summed E-state index contributed by atoms with van der Waals surface area (Å²) < 4.78 is 5.18. The maximum absolute atomic E-state index is 12.3. The number of ether oxygens (including phenoxy) is 1. The Kier molecular flexibility index (Phi) is 7.09. The van der Waals surface area contributed by atoms with Gasteiger partial charge in [0.05, 0.1) is 13.0 Å². The van der Waals surface area contributed by atoms with Crippen LogP contribution in [0.15, 0.2) is 24.3 Å². The lowest BCUT2D eigenvalue weighted by Gasteiger charge is -2.27. The average molecular weight is 333 g/mol. The van der Waals surface area contributed by atoms with Gasteiger partial charge in [-0.2, -0.15) is 0 Å². The van der Waals surface area contributed by atoms with E-state index in [1.54, 1.807) is 7.11 Å². The molecule has 0 bridgehead atoms. The Morgan fingerprint density at radius 3 is 2.67 bits per heavy atom. The van der Waals surface area contributed by atoms with E-state index in [-0.39, 0.29) is 11.9 Å². The number of amides is 1. The molecule has 1 aromatic carbocycles. The molecular formula is C19H27NO4. The van der Waals surface area contributed by atoms with Crippen molar-refractivity contribution in [2.75, 3.05) is 7.11 Å². The van der Waals surface area contributed by atoms with E-state index in [2.05, 4.69) is 5.32 Å². The number of carbonyl (C=O) groups excluding carboxylic acids is 1. The molecule has 0 aromatic heterocycles. The normalized spacial score (nSPS) is 21.4. The zero-order valence-electron chi connectivity index (χ0n) is 14.3. The van der Waals surface area contributed by atoms with Crippen LogP contribution >= 0.6 is 0 Å². The van der Waals surface area contributed by atoms with Gasteiger partial charge in [0.1, 0.15) is 5.75 Å². The van der Waals surface area contributed by atoms with E-state index in [1.807, 2.05) is 24.3 Å². The smallest absolute Gasteiger partial charge is 0.308 e. The molecule has 2 unspecified atom stereocenters. The first kappa shape index (κ1) is 18.3. The van der Waals surface area contributed by atoms with Crippen molar-refractivity contribution in [3.8, 4) is 5.75 Å². The summed E-state index contributed by atoms with van der Waals surface area (Å²) in [5.41, 5.74) is 1.04. The molecule has 0 spiro atoms. The van der Waals surface area contributed by atoms with Crippen LogP contribution in [-0.4, -0.2) is 30.1 Å². The van der Waals surface area contributed by atoms with Crippen molar-refractivity contribution < 1.29 is 19.4 Å². The maximum atomic E-state index is 12.3. The Labute approximate surface area is 143 Å². The van der Waals surface area contributed by atoms with Crippen molar-refractivity contribution in [1.29, 1.82) is 0 Å². The first-order valence-electron chi connectivity index (χ1n) is 8.75. The van der Waals surface area contributed by atoms with Gasteiger partial charge in [0, 0.05) is 12.5 Å². The standard InChI is InChI=1S/C19H27NO4/c1-24-15-8-6-7-14(13-15)11-12-18(21)20-17-10-5-3-2-4-9-16(17)19(22)23/h6-8,13,16-17H,2-5,9-12H2,1H3,(H,20,21)(H,22,23). The second kappa shape index (κ2) is 9.30. The van der Waals surface area contributed by atoms with Gasteiger partial charge in [-0.15, -0.1) is 0 Å². The van der Waals surface area contributed by atoms with Gasteiger partial charge >= 0.3 is 5.97 Å². The van der Waals surface area contributed by atoms with Crippen molar-refractivity contribution in [2.24, 2.45) is 5.92 Å². The summed E-state index contributed by atoms with van der Waals surface area (Å²) in [6.45, 7) is 0. The minimum atomic E-state index is -0.796. The van der Waals surface area contributed by atoms with Crippen LogP contribution in [-0.2, 0) is 16.0 Å². The maximum Gasteiger partial charge on any atom is 0.308 e. The van der Waals surface area contributed by atoms with Crippen LogP contribution in [0.25, 0.3) is 0 Å². The molecule has 0 heterocycles. The SMILES string of the molecule is COc1cccc(CCC(=O)NC2CCCCCCC2C(=O)O)c1. The third-order valence-electron chi connectivity index (χ3n) is 4.70. The van der Waals surface area contributed by atoms with Crippen LogP contribution in [0.4, 0.5) is 0 Å². The van der Waals surface area contributed by atoms with E-state index < -0.39 is 11.9 Å². The predicted octanol–water partition coefficient (Wildman–Crippen LogP) is 3.17. The Bertz CT molecular complexity index is 558.